The molecule has 0 fully saturated rings. The quantitative estimate of drug-likeness (QED) is 0.629. The fourth-order valence-corrected chi connectivity index (χ4v) is 1.18. The zero-order valence-electron chi connectivity index (χ0n) is 6.00. The molecule has 1 N–H and O–H groups in total. The first-order valence-electron chi connectivity index (χ1n) is 2.94. The SMILES string of the molecule is C#CCN(C)c1ns[nH]c1=O. The van der Waals surface area contributed by atoms with Crippen molar-refractivity contribution < 1.29 is 0 Å². The molecule has 0 radical (unpaired) electrons. The van der Waals surface area contributed by atoms with Crippen molar-refractivity contribution in [3.63, 3.8) is 0 Å². The summed E-state index contributed by atoms with van der Waals surface area (Å²) in [6, 6.07) is 0. The normalized spacial score (nSPS) is 9.09. The second kappa shape index (κ2) is 3.21. The Hall–Kier alpha value is -1.28. The number of nitrogens with zero attached hydrogens (tertiary/aromatic N) is 2. The van der Waals surface area contributed by atoms with Gasteiger partial charge in [-0.25, -0.2) is 0 Å². The van der Waals surface area contributed by atoms with Crippen molar-refractivity contribution in [2.75, 3.05) is 18.5 Å². The summed E-state index contributed by atoms with van der Waals surface area (Å²) < 4.78 is 6.31. The molecule has 0 saturated heterocycles. The minimum absolute atomic E-state index is 0.187. The molecule has 4 nitrogen and oxygen atoms in total. The van der Waals surface area contributed by atoms with E-state index in [9.17, 15) is 4.79 Å². The molecule has 0 aliphatic heterocycles. The van der Waals surface area contributed by atoms with E-state index in [1.807, 2.05) is 0 Å². The van der Waals surface area contributed by atoms with Gasteiger partial charge in [-0.05, 0) is 0 Å². The van der Waals surface area contributed by atoms with Crippen molar-refractivity contribution in [1.29, 1.82) is 0 Å². The van der Waals surface area contributed by atoms with Crippen LogP contribution in [0.1, 0.15) is 0 Å². The van der Waals surface area contributed by atoms with Gasteiger partial charge in [-0.2, -0.15) is 4.37 Å². The number of aromatic amines is 1. The van der Waals surface area contributed by atoms with Gasteiger partial charge in [0.05, 0.1) is 6.54 Å². The summed E-state index contributed by atoms with van der Waals surface area (Å²) in [5.74, 6) is 2.80. The molecule has 1 aromatic heterocycles. The molecular formula is C6H7N3OS. The van der Waals surface area contributed by atoms with E-state index in [0.717, 1.165) is 11.7 Å². The minimum atomic E-state index is -0.187. The highest BCUT2D eigenvalue weighted by Gasteiger charge is 2.05. The van der Waals surface area contributed by atoms with Crippen molar-refractivity contribution in [3.05, 3.63) is 10.4 Å². The Morgan fingerprint density at radius 2 is 2.64 bits per heavy atom. The standard InChI is InChI=1S/C6H7N3OS/c1-3-4-9(2)5-6(10)8-11-7-5/h1H,4H2,2H3,(H,8,10). The van der Waals surface area contributed by atoms with Gasteiger partial charge in [-0.15, -0.1) is 6.42 Å². The lowest BCUT2D eigenvalue weighted by atomic mass is 10.5. The summed E-state index contributed by atoms with van der Waals surface area (Å²) in [5.41, 5.74) is -0.187. The van der Waals surface area contributed by atoms with Gasteiger partial charge in [0.2, 0.25) is 5.82 Å². The molecule has 0 aliphatic rings. The molecule has 1 aromatic rings. The first-order valence-corrected chi connectivity index (χ1v) is 3.72. The molecular weight excluding hydrogens is 162 g/mol. The Balaban J connectivity index is 2.86. The number of anilines is 1. The number of aromatic nitrogens is 2. The molecule has 0 spiro atoms. The maximum absolute atomic E-state index is 10.9. The van der Waals surface area contributed by atoms with Gasteiger partial charge in [0.1, 0.15) is 0 Å². The summed E-state index contributed by atoms with van der Waals surface area (Å²) in [7, 11) is 1.73. The Morgan fingerprint density at radius 3 is 3.09 bits per heavy atom. The van der Waals surface area contributed by atoms with Crippen molar-refractivity contribution in [1.82, 2.24) is 8.75 Å². The van der Waals surface area contributed by atoms with E-state index in [1.165, 1.54) is 0 Å². The first-order chi connectivity index (χ1) is 5.25. The van der Waals surface area contributed by atoms with E-state index in [2.05, 4.69) is 14.7 Å². The van der Waals surface area contributed by atoms with E-state index in [-0.39, 0.29) is 5.56 Å². The zero-order chi connectivity index (χ0) is 8.27. The molecule has 0 unspecified atom stereocenters. The average Bonchev–Trinajstić information content (AvgIpc) is 2.36. The molecule has 0 aliphatic carbocycles. The van der Waals surface area contributed by atoms with Crippen LogP contribution in [0.2, 0.25) is 0 Å². The van der Waals surface area contributed by atoms with E-state index in [4.69, 9.17) is 6.42 Å². The lowest BCUT2D eigenvalue weighted by Crippen LogP contribution is -2.23. The lowest BCUT2D eigenvalue weighted by Gasteiger charge is -2.08. The van der Waals surface area contributed by atoms with Crippen LogP contribution in [0.5, 0.6) is 0 Å². The smallest absolute Gasteiger partial charge is 0.302 e. The molecule has 1 heterocycles. The molecule has 5 heteroatoms. The summed E-state index contributed by atoms with van der Waals surface area (Å²) in [5, 5.41) is 0. The van der Waals surface area contributed by atoms with Crippen LogP contribution >= 0.6 is 11.7 Å². The van der Waals surface area contributed by atoms with Crippen molar-refractivity contribution >= 4 is 17.5 Å². The number of rotatable bonds is 2. The van der Waals surface area contributed by atoms with Gasteiger partial charge in [0.25, 0.3) is 0 Å². The number of terminal acetylenes is 1. The van der Waals surface area contributed by atoms with Crippen molar-refractivity contribution in [3.8, 4) is 12.3 Å². The van der Waals surface area contributed by atoms with Crippen molar-refractivity contribution in [2.24, 2.45) is 0 Å². The highest BCUT2D eigenvalue weighted by atomic mass is 32.1. The van der Waals surface area contributed by atoms with E-state index in [0.29, 0.717) is 12.4 Å². The predicted molar refractivity (Wildman–Crippen MR) is 44.8 cm³/mol. The average molecular weight is 169 g/mol. The van der Waals surface area contributed by atoms with Gasteiger partial charge in [-0.3, -0.25) is 9.17 Å². The van der Waals surface area contributed by atoms with Crippen LogP contribution in [0.15, 0.2) is 4.79 Å². The predicted octanol–water partition coefficient (Wildman–Crippen LogP) is -0.0992. The van der Waals surface area contributed by atoms with Gasteiger partial charge >= 0.3 is 5.56 Å². The third-order valence-corrected chi connectivity index (χ3v) is 1.70. The second-order valence-corrected chi connectivity index (χ2v) is 2.57. The van der Waals surface area contributed by atoms with Gasteiger partial charge in [0.15, 0.2) is 0 Å². The number of H-pyrrole nitrogens is 1. The van der Waals surface area contributed by atoms with Crippen LogP contribution in [0.4, 0.5) is 5.82 Å². The number of hydrogen-bond acceptors (Lipinski definition) is 4. The molecule has 0 saturated carbocycles. The lowest BCUT2D eigenvalue weighted by molar-refractivity contribution is 1.01. The van der Waals surface area contributed by atoms with Crippen LogP contribution in [0.25, 0.3) is 0 Å². The largest absolute Gasteiger partial charge is 0.343 e. The summed E-state index contributed by atoms with van der Waals surface area (Å²) >= 11 is 1.02. The van der Waals surface area contributed by atoms with Crippen LogP contribution in [-0.2, 0) is 0 Å². The fourth-order valence-electron chi connectivity index (χ4n) is 0.649. The molecule has 11 heavy (non-hydrogen) atoms. The highest BCUT2D eigenvalue weighted by molar-refractivity contribution is 6.99. The zero-order valence-corrected chi connectivity index (χ0v) is 6.81. The topological polar surface area (TPSA) is 49.0 Å². The molecule has 0 atom stereocenters. The van der Waals surface area contributed by atoms with Gasteiger partial charge < -0.3 is 4.90 Å². The van der Waals surface area contributed by atoms with Crippen molar-refractivity contribution in [2.45, 2.75) is 0 Å². The molecule has 0 aromatic carbocycles. The van der Waals surface area contributed by atoms with Crippen LogP contribution in [0, 0.1) is 12.3 Å². The number of hydrogen-bond donors (Lipinski definition) is 1. The van der Waals surface area contributed by atoms with Gasteiger partial charge in [-0.1, -0.05) is 5.92 Å². The highest BCUT2D eigenvalue weighted by Crippen LogP contribution is 1.99. The Kier molecular flexibility index (Phi) is 2.28. The molecule has 58 valence electrons. The van der Waals surface area contributed by atoms with Crippen LogP contribution < -0.4 is 10.5 Å². The Morgan fingerprint density at radius 1 is 1.91 bits per heavy atom. The Bertz CT molecular complexity index is 321. The molecule has 0 amide bonds. The third-order valence-electron chi connectivity index (χ3n) is 1.16. The maximum Gasteiger partial charge on any atom is 0.302 e. The van der Waals surface area contributed by atoms with Crippen LogP contribution in [-0.4, -0.2) is 22.3 Å². The summed E-state index contributed by atoms with van der Waals surface area (Å²) in [6.45, 7) is 0.396. The minimum Gasteiger partial charge on any atom is -0.343 e. The van der Waals surface area contributed by atoms with E-state index in [1.54, 1.807) is 11.9 Å². The fraction of sp³-hybridized carbons (Fsp3) is 0.333. The first kappa shape index (κ1) is 7.82. The van der Waals surface area contributed by atoms with Gasteiger partial charge in [0, 0.05) is 18.8 Å². The second-order valence-electron chi connectivity index (χ2n) is 2.00. The van der Waals surface area contributed by atoms with Crippen LogP contribution in [0.3, 0.4) is 0 Å². The molecule has 0 bridgehead atoms. The Labute approximate surface area is 68.2 Å². The maximum atomic E-state index is 10.9. The number of nitrogens with one attached hydrogen (secondary N) is 1. The van der Waals surface area contributed by atoms with E-state index < -0.39 is 0 Å². The summed E-state index contributed by atoms with van der Waals surface area (Å²) in [6.07, 6.45) is 5.06. The monoisotopic (exact) mass is 169 g/mol. The van der Waals surface area contributed by atoms with E-state index >= 15 is 0 Å². The molecule has 1 rings (SSSR count). The third kappa shape index (κ3) is 1.59. The summed E-state index contributed by atoms with van der Waals surface area (Å²) in [4.78, 5) is 12.5.